The number of aromatic nitrogens is 4. The molecular formula is C22H18F3N5O3. The second kappa shape index (κ2) is 8.15. The highest BCUT2D eigenvalue weighted by Gasteiger charge is 2.42. The normalized spacial score (nSPS) is 11.6. The molecule has 0 atom stereocenters. The zero-order chi connectivity index (χ0) is 23.9. The van der Waals surface area contributed by atoms with Crippen LogP contribution in [0.2, 0.25) is 0 Å². The first kappa shape index (κ1) is 22.2. The first-order valence-corrected chi connectivity index (χ1v) is 9.74. The molecule has 33 heavy (non-hydrogen) atoms. The van der Waals surface area contributed by atoms with Gasteiger partial charge in [0.05, 0.1) is 34.6 Å². The molecule has 0 spiro atoms. The van der Waals surface area contributed by atoms with E-state index >= 15 is 0 Å². The monoisotopic (exact) mass is 457 g/mol. The number of ether oxygens (including phenoxy) is 2. The van der Waals surface area contributed by atoms with Crippen LogP contribution in [0.5, 0.6) is 11.6 Å². The lowest BCUT2D eigenvalue weighted by Gasteiger charge is -2.13. The molecule has 2 aromatic carbocycles. The Balaban J connectivity index is 1.82. The number of methoxy groups -OCH3 is 1. The van der Waals surface area contributed by atoms with E-state index in [2.05, 4.69) is 30.0 Å². The van der Waals surface area contributed by atoms with Crippen LogP contribution < -0.4 is 14.8 Å². The predicted octanol–water partition coefficient (Wildman–Crippen LogP) is 4.72. The average molecular weight is 457 g/mol. The molecule has 170 valence electrons. The largest absolute Gasteiger partial charge is 0.496 e. The van der Waals surface area contributed by atoms with Gasteiger partial charge in [-0.1, -0.05) is 18.2 Å². The van der Waals surface area contributed by atoms with Crippen LogP contribution in [0.25, 0.3) is 21.8 Å². The van der Waals surface area contributed by atoms with Crippen LogP contribution in [0.4, 0.5) is 25.1 Å². The van der Waals surface area contributed by atoms with Gasteiger partial charge >= 0.3 is 12.1 Å². The molecular weight excluding hydrogens is 439 g/mol. The van der Waals surface area contributed by atoms with Gasteiger partial charge < -0.3 is 9.47 Å². The van der Waals surface area contributed by atoms with Crippen LogP contribution in [-0.4, -0.2) is 39.2 Å². The molecule has 0 saturated heterocycles. The summed E-state index contributed by atoms with van der Waals surface area (Å²) in [6, 6.07) is 8.46. The molecule has 4 aromatic rings. The number of para-hydroxylation sites is 1. The summed E-state index contributed by atoms with van der Waals surface area (Å²) in [6.45, 7) is 5.38. The molecule has 0 saturated carbocycles. The van der Waals surface area contributed by atoms with Crippen LogP contribution >= 0.6 is 0 Å². The molecule has 0 fully saturated rings. The number of alkyl halides is 3. The van der Waals surface area contributed by atoms with Gasteiger partial charge in [-0.25, -0.2) is 19.7 Å². The van der Waals surface area contributed by atoms with E-state index in [9.17, 15) is 18.0 Å². The van der Waals surface area contributed by atoms with Crippen molar-refractivity contribution in [3.8, 4) is 11.6 Å². The smallest absolute Gasteiger partial charge is 0.491 e. The van der Waals surface area contributed by atoms with Gasteiger partial charge in [-0.2, -0.15) is 18.2 Å². The number of rotatable bonds is 4. The van der Waals surface area contributed by atoms with Crippen molar-refractivity contribution in [2.45, 2.75) is 26.9 Å². The molecule has 0 amide bonds. The molecule has 0 radical (unpaired) electrons. The van der Waals surface area contributed by atoms with Crippen LogP contribution in [-0.2, 0) is 4.79 Å². The van der Waals surface area contributed by atoms with Crippen molar-refractivity contribution in [3.63, 3.8) is 0 Å². The van der Waals surface area contributed by atoms with Crippen LogP contribution in [0.3, 0.4) is 0 Å². The SMILES string of the molecule is COc1ccc(C)c2nc(Nc3nc(OC(=O)C(F)(F)F)c4cccc(C)c4n3)nc(C)c12. The Hall–Kier alpha value is -4.02. The summed E-state index contributed by atoms with van der Waals surface area (Å²) in [7, 11) is 1.55. The number of fused-ring (bicyclic) bond motifs is 2. The lowest BCUT2D eigenvalue weighted by molar-refractivity contribution is -0.189. The summed E-state index contributed by atoms with van der Waals surface area (Å²) < 4.78 is 48.3. The third-order valence-electron chi connectivity index (χ3n) is 4.95. The van der Waals surface area contributed by atoms with E-state index in [1.54, 1.807) is 33.1 Å². The van der Waals surface area contributed by atoms with E-state index in [1.807, 2.05) is 19.1 Å². The quantitative estimate of drug-likeness (QED) is 0.440. The Labute approximate surface area is 185 Å². The summed E-state index contributed by atoms with van der Waals surface area (Å²) in [5.74, 6) is -2.30. The zero-order valence-electron chi connectivity index (χ0n) is 18.0. The Morgan fingerprint density at radius 3 is 2.27 bits per heavy atom. The van der Waals surface area contributed by atoms with Crippen molar-refractivity contribution in [1.29, 1.82) is 0 Å². The minimum atomic E-state index is -5.18. The molecule has 2 heterocycles. The summed E-state index contributed by atoms with van der Waals surface area (Å²) in [6.07, 6.45) is -5.18. The summed E-state index contributed by atoms with van der Waals surface area (Å²) in [4.78, 5) is 28.7. The second-order valence-electron chi connectivity index (χ2n) is 7.28. The molecule has 0 aliphatic rings. The number of halogens is 3. The maximum Gasteiger partial charge on any atom is 0.491 e. The number of carbonyl (C=O) groups excluding carboxylic acids is 1. The van der Waals surface area contributed by atoms with E-state index in [1.165, 1.54) is 6.07 Å². The molecule has 11 heteroatoms. The van der Waals surface area contributed by atoms with Crippen molar-refractivity contribution in [2.75, 3.05) is 12.4 Å². The van der Waals surface area contributed by atoms with Gasteiger partial charge in [0.15, 0.2) is 0 Å². The highest BCUT2D eigenvalue weighted by molar-refractivity contribution is 5.92. The minimum Gasteiger partial charge on any atom is -0.496 e. The summed E-state index contributed by atoms with van der Waals surface area (Å²) in [5, 5.41) is 3.71. The summed E-state index contributed by atoms with van der Waals surface area (Å²) in [5.41, 5.74) is 3.08. The molecule has 1 N–H and O–H groups in total. The van der Waals surface area contributed by atoms with Gasteiger partial charge in [0, 0.05) is 0 Å². The fourth-order valence-electron chi connectivity index (χ4n) is 3.39. The molecule has 4 rings (SSSR count). The number of nitrogens with one attached hydrogen (secondary N) is 1. The number of benzene rings is 2. The number of anilines is 2. The predicted molar refractivity (Wildman–Crippen MR) is 115 cm³/mol. The molecule has 2 aromatic heterocycles. The van der Waals surface area contributed by atoms with Crippen LogP contribution in [0, 0.1) is 20.8 Å². The lowest BCUT2D eigenvalue weighted by Crippen LogP contribution is -2.28. The Kier molecular flexibility index (Phi) is 5.48. The van der Waals surface area contributed by atoms with E-state index in [0.29, 0.717) is 28.0 Å². The average Bonchev–Trinajstić information content (AvgIpc) is 2.74. The van der Waals surface area contributed by atoms with Gasteiger partial charge in [0.2, 0.25) is 17.8 Å². The van der Waals surface area contributed by atoms with E-state index < -0.39 is 18.0 Å². The molecule has 8 nitrogen and oxygen atoms in total. The van der Waals surface area contributed by atoms with Crippen molar-refractivity contribution in [2.24, 2.45) is 0 Å². The van der Waals surface area contributed by atoms with Crippen molar-refractivity contribution < 1.29 is 27.4 Å². The maximum atomic E-state index is 12.8. The Morgan fingerprint density at radius 2 is 1.58 bits per heavy atom. The number of hydrogen-bond acceptors (Lipinski definition) is 8. The van der Waals surface area contributed by atoms with Gasteiger partial charge in [0.25, 0.3) is 0 Å². The van der Waals surface area contributed by atoms with Gasteiger partial charge in [-0.3, -0.25) is 5.32 Å². The second-order valence-corrected chi connectivity index (χ2v) is 7.28. The first-order valence-electron chi connectivity index (χ1n) is 9.74. The highest BCUT2D eigenvalue weighted by atomic mass is 19.4. The Bertz CT molecular complexity index is 1410. The molecule has 0 aliphatic carbocycles. The van der Waals surface area contributed by atoms with E-state index in [-0.39, 0.29) is 17.3 Å². The van der Waals surface area contributed by atoms with Crippen LogP contribution in [0.15, 0.2) is 30.3 Å². The van der Waals surface area contributed by atoms with Gasteiger partial charge in [-0.05, 0) is 44.0 Å². The first-order chi connectivity index (χ1) is 15.6. The standard InChI is InChI=1S/C22H18F3N5O3/c1-10-6-5-7-13-16(10)27-21(29-18(13)33-19(31)22(23,24)25)30-20-26-12(3)15-14(32-4)9-8-11(2)17(15)28-20/h5-9H,1-4H3,(H,26,27,28,29,30). The van der Waals surface area contributed by atoms with E-state index in [0.717, 1.165) is 10.9 Å². The minimum absolute atomic E-state index is 0.123. The van der Waals surface area contributed by atoms with Crippen molar-refractivity contribution >= 4 is 39.7 Å². The zero-order valence-corrected chi connectivity index (χ0v) is 18.0. The number of hydrogen-bond donors (Lipinski definition) is 1. The van der Waals surface area contributed by atoms with Crippen LogP contribution in [0.1, 0.15) is 16.8 Å². The maximum absolute atomic E-state index is 12.8. The number of carbonyl (C=O) groups is 1. The number of aryl methyl sites for hydroxylation is 3. The molecule has 0 aliphatic heterocycles. The van der Waals surface area contributed by atoms with Gasteiger partial charge in [-0.15, -0.1) is 0 Å². The fourth-order valence-corrected chi connectivity index (χ4v) is 3.39. The van der Waals surface area contributed by atoms with Gasteiger partial charge in [0.1, 0.15) is 5.75 Å². The third-order valence-corrected chi connectivity index (χ3v) is 4.95. The number of nitrogens with zero attached hydrogens (tertiary/aromatic N) is 4. The summed E-state index contributed by atoms with van der Waals surface area (Å²) >= 11 is 0. The van der Waals surface area contributed by atoms with Crippen molar-refractivity contribution in [1.82, 2.24) is 19.9 Å². The number of esters is 1. The fraction of sp³-hybridized carbons (Fsp3) is 0.227. The lowest BCUT2D eigenvalue weighted by atomic mass is 10.1. The highest BCUT2D eigenvalue weighted by Crippen LogP contribution is 2.32. The van der Waals surface area contributed by atoms with E-state index in [4.69, 9.17) is 4.74 Å². The molecule has 0 bridgehead atoms. The van der Waals surface area contributed by atoms with Crippen molar-refractivity contribution in [3.05, 3.63) is 47.2 Å². The topological polar surface area (TPSA) is 99.1 Å². The Morgan fingerprint density at radius 1 is 0.909 bits per heavy atom. The third kappa shape index (κ3) is 4.21. The molecule has 0 unspecified atom stereocenters.